The summed E-state index contributed by atoms with van der Waals surface area (Å²) in [6.07, 6.45) is 7.89. The second kappa shape index (κ2) is 11.2. The van der Waals surface area contributed by atoms with Crippen molar-refractivity contribution in [3.8, 4) is 23.3 Å². The zero-order chi connectivity index (χ0) is 32.7. The molecule has 0 unspecified atom stereocenters. The molecule has 4 aliphatic rings. The molecule has 3 atom stereocenters. The number of methoxy groups -OCH3 is 1. The van der Waals surface area contributed by atoms with Gasteiger partial charge in [0.2, 0.25) is 0 Å². The van der Waals surface area contributed by atoms with Crippen LogP contribution in [-0.2, 0) is 13.1 Å². The van der Waals surface area contributed by atoms with Gasteiger partial charge in [0.15, 0.2) is 5.82 Å². The third-order valence-electron chi connectivity index (χ3n) is 11.0. The minimum Gasteiger partial charge on any atom is -0.494 e. The van der Waals surface area contributed by atoms with Gasteiger partial charge in [0.1, 0.15) is 17.3 Å². The molecule has 2 saturated carbocycles. The number of aromatic nitrogens is 4. The number of likely N-dealkylation sites (tertiary alicyclic amines) is 1. The van der Waals surface area contributed by atoms with Gasteiger partial charge in [-0.25, -0.2) is 4.98 Å². The van der Waals surface area contributed by atoms with E-state index in [-0.39, 0.29) is 18.0 Å². The molecule has 9 rings (SSSR count). The number of nitrogens with zero attached hydrogens (tertiary/aromatic N) is 7. The molecule has 0 spiro atoms. The molecule has 48 heavy (non-hydrogen) atoms. The van der Waals surface area contributed by atoms with Gasteiger partial charge in [0.25, 0.3) is 5.91 Å². The first-order chi connectivity index (χ1) is 23.4. The van der Waals surface area contributed by atoms with Gasteiger partial charge in [-0.3, -0.25) is 9.78 Å². The van der Waals surface area contributed by atoms with Crippen molar-refractivity contribution in [3.63, 3.8) is 0 Å². The summed E-state index contributed by atoms with van der Waals surface area (Å²) in [5, 5.41) is 11.2. The number of nitrogens with two attached hydrogens (primary N) is 1. The van der Waals surface area contributed by atoms with Crippen molar-refractivity contribution in [1.82, 2.24) is 24.0 Å². The summed E-state index contributed by atoms with van der Waals surface area (Å²) in [5.74, 6) is 2.82. The van der Waals surface area contributed by atoms with Crippen molar-refractivity contribution in [2.45, 2.75) is 50.9 Å². The van der Waals surface area contributed by atoms with Crippen LogP contribution in [0, 0.1) is 29.1 Å². The highest BCUT2D eigenvalue weighted by molar-refractivity contribution is 6.31. The number of pyridine rings is 1. The molecule has 0 radical (unpaired) electrons. The molecule has 2 N–H and O–H groups in total. The summed E-state index contributed by atoms with van der Waals surface area (Å²) in [6, 6.07) is 16.3. The van der Waals surface area contributed by atoms with Gasteiger partial charge in [-0.2, -0.15) is 5.26 Å². The number of ether oxygens (including phenoxy) is 1. The number of hydrogen-bond acceptors (Lipinski definition) is 7. The number of piperidine rings is 1. The van der Waals surface area contributed by atoms with Gasteiger partial charge >= 0.3 is 0 Å². The second-order valence-electron chi connectivity index (χ2n) is 14.1. The first-order valence-electron chi connectivity index (χ1n) is 16.9. The Kier molecular flexibility index (Phi) is 6.92. The molecule has 1 amide bonds. The van der Waals surface area contributed by atoms with Crippen molar-refractivity contribution in [2.24, 2.45) is 23.5 Å². The zero-order valence-electron chi connectivity index (χ0n) is 26.8. The maximum atomic E-state index is 14.0. The topological polar surface area (TPSA) is 118 Å². The standard InChI is InChI=1S/C37H37ClN8O2/c1-48-33-11-26(37(47)45-20-25-5-7-30(45)34(25)40)9-29-35(33)46(19-23-16-43(17-23)28-8-22(13-39)14-41-15-28)36(42-29)32-10-24-4-6-27(38)12-31(24)44(32)18-21-2-3-21/h4,6,8-12,14-15,21,23,25,30,34H,2-3,5,7,16-20,40H2,1H3/t25-,30-,34-/m1/s1. The molecule has 2 aliphatic carbocycles. The third kappa shape index (κ3) is 4.82. The Labute approximate surface area is 283 Å². The zero-order valence-corrected chi connectivity index (χ0v) is 27.6. The Morgan fingerprint density at radius 1 is 1.02 bits per heavy atom. The molecule has 2 bridgehead atoms. The molecule has 3 aromatic heterocycles. The van der Waals surface area contributed by atoms with Crippen LogP contribution >= 0.6 is 11.6 Å². The number of hydrogen-bond donors (Lipinski definition) is 1. The van der Waals surface area contributed by atoms with Crippen LogP contribution in [0.25, 0.3) is 33.5 Å². The number of imidazole rings is 1. The van der Waals surface area contributed by atoms with Crippen molar-refractivity contribution >= 4 is 45.1 Å². The van der Waals surface area contributed by atoms with Gasteiger partial charge in [-0.1, -0.05) is 17.7 Å². The van der Waals surface area contributed by atoms with E-state index >= 15 is 0 Å². The number of carbonyl (C=O) groups is 1. The predicted octanol–water partition coefficient (Wildman–Crippen LogP) is 5.69. The smallest absolute Gasteiger partial charge is 0.254 e. The minimum atomic E-state index is -0.00529. The maximum absolute atomic E-state index is 14.0. The fourth-order valence-electron chi connectivity index (χ4n) is 8.31. The van der Waals surface area contributed by atoms with Gasteiger partial charge in [0, 0.05) is 72.9 Å². The normalized spacial score (nSPS) is 22.1. The summed E-state index contributed by atoms with van der Waals surface area (Å²) in [7, 11) is 1.67. The molecule has 5 heterocycles. The summed E-state index contributed by atoms with van der Waals surface area (Å²) < 4.78 is 10.7. The van der Waals surface area contributed by atoms with Crippen molar-refractivity contribution < 1.29 is 9.53 Å². The molecular weight excluding hydrogens is 624 g/mol. The molecular formula is C37H37ClN8O2. The number of fused-ring (bicyclic) bond motifs is 4. The van der Waals surface area contributed by atoms with Crippen LogP contribution in [0.3, 0.4) is 0 Å². The highest BCUT2D eigenvalue weighted by Gasteiger charge is 2.47. The Morgan fingerprint density at radius 3 is 2.58 bits per heavy atom. The average Bonchev–Trinajstić information content (AvgIpc) is 3.46. The van der Waals surface area contributed by atoms with E-state index in [0.717, 1.165) is 71.6 Å². The Hall–Kier alpha value is -4.59. The van der Waals surface area contributed by atoms with E-state index in [2.05, 4.69) is 43.3 Å². The fraction of sp³-hybridized carbons (Fsp3) is 0.405. The lowest BCUT2D eigenvalue weighted by Crippen LogP contribution is -2.48. The minimum absolute atomic E-state index is 0.00529. The SMILES string of the molecule is COc1cc(C(=O)N2C[C@H]3CC[C@@H]2[C@@H]3N)cc2nc(-c3cc4ccc(Cl)cc4n3CC3CC3)n(CC3CN(c4cncc(C#N)c4)C3)c12. The maximum Gasteiger partial charge on any atom is 0.254 e. The number of carbonyl (C=O) groups excluding carboxylic acids is 1. The molecule has 2 aliphatic heterocycles. The van der Waals surface area contributed by atoms with Crippen molar-refractivity contribution in [3.05, 3.63) is 71.0 Å². The summed E-state index contributed by atoms with van der Waals surface area (Å²) in [5.41, 5.74) is 12.3. The average molecular weight is 661 g/mol. The second-order valence-corrected chi connectivity index (χ2v) is 14.6. The van der Waals surface area contributed by atoms with E-state index in [4.69, 9.17) is 27.1 Å². The number of rotatable bonds is 8. The Morgan fingerprint density at radius 2 is 1.85 bits per heavy atom. The van der Waals surface area contributed by atoms with E-state index in [1.165, 1.54) is 12.8 Å². The van der Waals surface area contributed by atoms with E-state index in [9.17, 15) is 10.1 Å². The molecule has 2 aromatic carbocycles. The first kappa shape index (κ1) is 29.5. The van der Waals surface area contributed by atoms with Crippen molar-refractivity contribution in [1.29, 1.82) is 5.26 Å². The third-order valence-corrected chi connectivity index (χ3v) is 11.3. The number of halogens is 1. The summed E-state index contributed by atoms with van der Waals surface area (Å²) in [4.78, 5) is 27.8. The molecule has 2 saturated heterocycles. The van der Waals surface area contributed by atoms with E-state index in [1.807, 2.05) is 35.4 Å². The Bertz CT molecular complexity index is 2140. The largest absolute Gasteiger partial charge is 0.494 e. The van der Waals surface area contributed by atoms with Gasteiger partial charge in [-0.15, -0.1) is 0 Å². The van der Waals surface area contributed by atoms with E-state index in [0.29, 0.717) is 52.7 Å². The summed E-state index contributed by atoms with van der Waals surface area (Å²) in [6.45, 7) is 3.98. The van der Waals surface area contributed by atoms with E-state index in [1.54, 1.807) is 13.3 Å². The van der Waals surface area contributed by atoms with Gasteiger partial charge in [0.05, 0.1) is 41.3 Å². The van der Waals surface area contributed by atoms with Gasteiger partial charge < -0.3 is 29.4 Å². The quantitative estimate of drug-likeness (QED) is 0.227. The fourth-order valence-corrected chi connectivity index (χ4v) is 8.48. The first-order valence-corrected chi connectivity index (χ1v) is 17.3. The predicted molar refractivity (Wildman–Crippen MR) is 185 cm³/mol. The molecule has 10 nitrogen and oxygen atoms in total. The molecule has 244 valence electrons. The van der Waals surface area contributed by atoms with Gasteiger partial charge in [-0.05, 0) is 73.9 Å². The van der Waals surface area contributed by atoms with Crippen LogP contribution in [-0.4, -0.2) is 68.7 Å². The Balaban J connectivity index is 1.14. The number of benzene rings is 2. The van der Waals surface area contributed by atoms with Crippen LogP contribution in [0.15, 0.2) is 54.9 Å². The highest BCUT2D eigenvalue weighted by atomic mass is 35.5. The molecule has 5 aromatic rings. The lowest BCUT2D eigenvalue weighted by atomic mass is 9.98. The van der Waals surface area contributed by atoms with E-state index < -0.39 is 0 Å². The monoisotopic (exact) mass is 660 g/mol. The van der Waals surface area contributed by atoms with Crippen molar-refractivity contribution in [2.75, 3.05) is 31.6 Å². The lowest BCUT2D eigenvalue weighted by molar-refractivity contribution is 0.0700. The van der Waals surface area contributed by atoms with Crippen LogP contribution in [0.5, 0.6) is 5.75 Å². The van der Waals surface area contributed by atoms with Crippen LogP contribution in [0.2, 0.25) is 5.02 Å². The molecule has 11 heteroatoms. The van der Waals surface area contributed by atoms with Crippen LogP contribution < -0.4 is 15.4 Å². The lowest BCUT2D eigenvalue weighted by Gasteiger charge is -2.41. The highest BCUT2D eigenvalue weighted by Crippen LogP contribution is 2.41. The van der Waals surface area contributed by atoms with Crippen LogP contribution in [0.1, 0.15) is 41.6 Å². The number of anilines is 1. The number of amides is 1. The number of nitriles is 1. The summed E-state index contributed by atoms with van der Waals surface area (Å²) >= 11 is 6.52. The van der Waals surface area contributed by atoms with Crippen LogP contribution in [0.4, 0.5) is 5.69 Å². The molecule has 4 fully saturated rings.